The maximum Gasteiger partial charge on any atom is 0.224 e. The SMILES string of the molecule is CCCCCCC(=O)Nc1c(N)ccc(C)c1C. The smallest absolute Gasteiger partial charge is 0.224 e. The first-order chi connectivity index (χ1) is 8.56. The van der Waals surface area contributed by atoms with Crippen molar-refractivity contribution in [1.29, 1.82) is 0 Å². The lowest BCUT2D eigenvalue weighted by Gasteiger charge is -2.13. The van der Waals surface area contributed by atoms with Crippen LogP contribution in [-0.4, -0.2) is 5.91 Å². The van der Waals surface area contributed by atoms with Gasteiger partial charge >= 0.3 is 0 Å². The van der Waals surface area contributed by atoms with Crippen LogP contribution in [-0.2, 0) is 4.79 Å². The molecular formula is C15H24N2O. The van der Waals surface area contributed by atoms with Gasteiger partial charge in [0.1, 0.15) is 0 Å². The fourth-order valence-electron chi connectivity index (χ4n) is 1.92. The molecule has 0 unspecified atom stereocenters. The van der Waals surface area contributed by atoms with E-state index in [-0.39, 0.29) is 5.91 Å². The number of benzene rings is 1. The number of aryl methyl sites for hydroxylation is 1. The molecule has 0 aromatic heterocycles. The summed E-state index contributed by atoms with van der Waals surface area (Å²) in [6, 6.07) is 3.82. The lowest BCUT2D eigenvalue weighted by Crippen LogP contribution is -2.14. The first kappa shape index (κ1) is 14.6. The summed E-state index contributed by atoms with van der Waals surface area (Å²) in [4.78, 5) is 11.8. The number of nitrogens with two attached hydrogens (primary N) is 1. The minimum absolute atomic E-state index is 0.0616. The lowest BCUT2D eigenvalue weighted by molar-refractivity contribution is -0.116. The van der Waals surface area contributed by atoms with E-state index in [0.717, 1.165) is 29.7 Å². The highest BCUT2D eigenvalue weighted by atomic mass is 16.1. The van der Waals surface area contributed by atoms with Gasteiger partial charge in [-0.25, -0.2) is 0 Å². The monoisotopic (exact) mass is 248 g/mol. The van der Waals surface area contributed by atoms with Crippen LogP contribution in [0.2, 0.25) is 0 Å². The predicted molar refractivity (Wildman–Crippen MR) is 77.7 cm³/mol. The highest BCUT2D eigenvalue weighted by molar-refractivity contribution is 5.95. The first-order valence-corrected chi connectivity index (χ1v) is 6.71. The molecule has 0 atom stereocenters. The van der Waals surface area contributed by atoms with E-state index in [9.17, 15) is 4.79 Å². The zero-order valence-corrected chi connectivity index (χ0v) is 11.7. The summed E-state index contributed by atoms with van der Waals surface area (Å²) in [5.74, 6) is 0.0616. The zero-order chi connectivity index (χ0) is 13.5. The molecule has 0 aliphatic heterocycles. The molecule has 3 N–H and O–H groups in total. The Balaban J connectivity index is 2.57. The summed E-state index contributed by atoms with van der Waals surface area (Å²) < 4.78 is 0. The number of unbranched alkanes of at least 4 members (excludes halogenated alkanes) is 3. The summed E-state index contributed by atoms with van der Waals surface area (Å²) >= 11 is 0. The van der Waals surface area contributed by atoms with Gasteiger partial charge in [-0.2, -0.15) is 0 Å². The van der Waals surface area contributed by atoms with Crippen LogP contribution in [0.25, 0.3) is 0 Å². The number of carbonyl (C=O) groups is 1. The van der Waals surface area contributed by atoms with Gasteiger partial charge in [-0.3, -0.25) is 4.79 Å². The summed E-state index contributed by atoms with van der Waals surface area (Å²) in [6.07, 6.45) is 5.02. The predicted octanol–water partition coefficient (Wildman–Crippen LogP) is 3.79. The molecule has 0 radical (unpaired) electrons. The van der Waals surface area contributed by atoms with Crippen molar-refractivity contribution in [1.82, 2.24) is 0 Å². The van der Waals surface area contributed by atoms with Gasteiger partial charge in [0.25, 0.3) is 0 Å². The topological polar surface area (TPSA) is 55.1 Å². The van der Waals surface area contributed by atoms with Crippen molar-refractivity contribution in [3.63, 3.8) is 0 Å². The molecule has 100 valence electrons. The second-order valence-electron chi connectivity index (χ2n) is 4.83. The van der Waals surface area contributed by atoms with Crippen LogP contribution in [0, 0.1) is 13.8 Å². The summed E-state index contributed by atoms with van der Waals surface area (Å²) in [6.45, 7) is 6.17. The molecule has 18 heavy (non-hydrogen) atoms. The molecule has 0 saturated carbocycles. The molecule has 0 aliphatic carbocycles. The number of carbonyl (C=O) groups excluding carboxylic acids is 1. The summed E-state index contributed by atoms with van der Waals surface area (Å²) in [7, 11) is 0. The normalized spacial score (nSPS) is 10.4. The van der Waals surface area contributed by atoms with Crippen molar-refractivity contribution in [2.75, 3.05) is 11.1 Å². The quantitative estimate of drug-likeness (QED) is 0.594. The second kappa shape index (κ2) is 7.04. The number of anilines is 2. The first-order valence-electron chi connectivity index (χ1n) is 6.71. The minimum atomic E-state index is 0.0616. The highest BCUT2D eigenvalue weighted by Gasteiger charge is 2.09. The molecule has 1 aromatic carbocycles. The largest absolute Gasteiger partial charge is 0.397 e. The Morgan fingerprint density at radius 1 is 1.22 bits per heavy atom. The van der Waals surface area contributed by atoms with Gasteiger partial charge in [-0.05, 0) is 37.5 Å². The molecular weight excluding hydrogens is 224 g/mol. The van der Waals surface area contributed by atoms with Crippen LogP contribution in [0.4, 0.5) is 11.4 Å². The molecule has 0 fully saturated rings. The fourth-order valence-corrected chi connectivity index (χ4v) is 1.92. The van der Waals surface area contributed by atoms with Crippen LogP contribution in [0.1, 0.15) is 50.2 Å². The van der Waals surface area contributed by atoms with Gasteiger partial charge < -0.3 is 11.1 Å². The number of hydrogen-bond donors (Lipinski definition) is 2. The zero-order valence-electron chi connectivity index (χ0n) is 11.7. The Morgan fingerprint density at radius 2 is 1.94 bits per heavy atom. The average molecular weight is 248 g/mol. The van der Waals surface area contributed by atoms with Crippen molar-refractivity contribution >= 4 is 17.3 Å². The third-order valence-electron chi connectivity index (χ3n) is 3.29. The van der Waals surface area contributed by atoms with Gasteiger partial charge in [-0.15, -0.1) is 0 Å². The fraction of sp³-hybridized carbons (Fsp3) is 0.533. The van der Waals surface area contributed by atoms with Crippen molar-refractivity contribution in [3.05, 3.63) is 23.3 Å². The number of rotatable bonds is 6. The van der Waals surface area contributed by atoms with E-state index in [4.69, 9.17) is 5.73 Å². The maximum absolute atomic E-state index is 11.8. The van der Waals surface area contributed by atoms with E-state index in [1.54, 1.807) is 0 Å². The van der Waals surface area contributed by atoms with E-state index in [1.807, 2.05) is 26.0 Å². The van der Waals surface area contributed by atoms with Crippen molar-refractivity contribution in [2.24, 2.45) is 0 Å². The van der Waals surface area contributed by atoms with Gasteiger partial charge in [-0.1, -0.05) is 32.3 Å². The minimum Gasteiger partial charge on any atom is -0.397 e. The number of nitrogen functional groups attached to an aromatic ring is 1. The van der Waals surface area contributed by atoms with E-state index in [0.29, 0.717) is 12.1 Å². The second-order valence-corrected chi connectivity index (χ2v) is 4.83. The average Bonchev–Trinajstić information content (AvgIpc) is 2.35. The summed E-state index contributed by atoms with van der Waals surface area (Å²) in [5.41, 5.74) is 9.51. The lowest BCUT2D eigenvalue weighted by atomic mass is 10.1. The Labute approximate surface area is 110 Å². The Morgan fingerprint density at radius 3 is 2.61 bits per heavy atom. The standard InChI is InChI=1S/C15H24N2O/c1-4-5-6-7-8-14(18)17-15-12(3)11(2)9-10-13(15)16/h9-10H,4-8,16H2,1-3H3,(H,17,18). The number of hydrogen-bond acceptors (Lipinski definition) is 2. The van der Waals surface area contributed by atoms with Crippen LogP contribution in [0.5, 0.6) is 0 Å². The van der Waals surface area contributed by atoms with Gasteiger partial charge in [0.2, 0.25) is 5.91 Å². The molecule has 0 spiro atoms. The Bertz CT molecular complexity index is 413. The molecule has 1 aromatic rings. The molecule has 0 heterocycles. The van der Waals surface area contributed by atoms with E-state index >= 15 is 0 Å². The van der Waals surface area contributed by atoms with E-state index in [2.05, 4.69) is 12.2 Å². The number of amides is 1. The molecule has 1 amide bonds. The van der Waals surface area contributed by atoms with Gasteiger partial charge in [0.05, 0.1) is 11.4 Å². The maximum atomic E-state index is 11.8. The Kier molecular flexibility index (Phi) is 5.69. The molecule has 1 rings (SSSR count). The molecule has 0 saturated heterocycles. The molecule has 0 aliphatic rings. The number of nitrogens with one attached hydrogen (secondary N) is 1. The van der Waals surface area contributed by atoms with Crippen molar-refractivity contribution < 1.29 is 4.79 Å². The van der Waals surface area contributed by atoms with Crippen molar-refractivity contribution in [2.45, 2.75) is 52.9 Å². The Hall–Kier alpha value is -1.51. The van der Waals surface area contributed by atoms with E-state index in [1.165, 1.54) is 12.8 Å². The van der Waals surface area contributed by atoms with Crippen molar-refractivity contribution in [3.8, 4) is 0 Å². The summed E-state index contributed by atoms with van der Waals surface area (Å²) in [5, 5.41) is 2.93. The van der Waals surface area contributed by atoms with Gasteiger partial charge in [0.15, 0.2) is 0 Å². The van der Waals surface area contributed by atoms with Crippen LogP contribution < -0.4 is 11.1 Å². The third-order valence-corrected chi connectivity index (χ3v) is 3.29. The van der Waals surface area contributed by atoms with Gasteiger partial charge in [0, 0.05) is 6.42 Å². The molecule has 3 heteroatoms. The molecule has 3 nitrogen and oxygen atoms in total. The van der Waals surface area contributed by atoms with E-state index < -0.39 is 0 Å². The van der Waals surface area contributed by atoms with Crippen LogP contribution >= 0.6 is 0 Å². The third kappa shape index (κ3) is 4.06. The van der Waals surface area contributed by atoms with Crippen LogP contribution in [0.3, 0.4) is 0 Å². The molecule has 0 bridgehead atoms. The van der Waals surface area contributed by atoms with Crippen LogP contribution in [0.15, 0.2) is 12.1 Å². The highest BCUT2D eigenvalue weighted by Crippen LogP contribution is 2.26.